The lowest BCUT2D eigenvalue weighted by Crippen LogP contribution is -2.47. The van der Waals surface area contributed by atoms with E-state index in [0.29, 0.717) is 10.7 Å². The number of carbonyl (C=O) groups excluding carboxylic acids is 1. The van der Waals surface area contributed by atoms with Crippen LogP contribution in [-0.2, 0) is 4.79 Å². The average molecular weight is 353 g/mol. The third-order valence-electron chi connectivity index (χ3n) is 3.26. The third-order valence-corrected chi connectivity index (χ3v) is 3.58. The predicted molar refractivity (Wildman–Crippen MR) is 88.6 cm³/mol. The second kappa shape index (κ2) is 6.90. The predicted octanol–water partition coefficient (Wildman–Crippen LogP) is 1.79. The number of urea groups is 1. The van der Waals surface area contributed by atoms with Gasteiger partial charge in [0.05, 0.1) is 17.3 Å². The van der Waals surface area contributed by atoms with Gasteiger partial charge >= 0.3 is 12.0 Å². The lowest BCUT2D eigenvalue weighted by atomic mass is 10.1. The largest absolute Gasteiger partial charge is 0.479 e. The molecule has 24 heavy (non-hydrogen) atoms. The Morgan fingerprint density at radius 3 is 2.67 bits per heavy atom. The molecule has 1 heterocycles. The van der Waals surface area contributed by atoms with E-state index in [1.807, 2.05) is 6.07 Å². The van der Waals surface area contributed by atoms with Crippen LogP contribution in [-0.4, -0.2) is 44.1 Å². The highest BCUT2D eigenvalue weighted by atomic mass is 35.5. The minimum atomic E-state index is -2.05. The standard InChI is InChI=1S/C15H17ClN4O4/c1-9-7-12(18-14(23)17-8-15(2,24)13(21)22)19-20(9)11-6-4-3-5-10(11)16/h3-7,24H,8H2,1-2H3,(H,21,22)(H2,17,18,19,23). The number of hydrogen-bond acceptors (Lipinski definition) is 4. The first-order chi connectivity index (χ1) is 11.2. The quantitative estimate of drug-likeness (QED) is 0.654. The minimum Gasteiger partial charge on any atom is -0.479 e. The van der Waals surface area contributed by atoms with Crippen molar-refractivity contribution in [3.8, 4) is 5.69 Å². The number of nitrogens with one attached hydrogen (secondary N) is 2. The number of halogens is 1. The van der Waals surface area contributed by atoms with Crippen LogP contribution in [0.3, 0.4) is 0 Å². The second-order valence-corrected chi connectivity index (χ2v) is 5.83. The Hall–Kier alpha value is -2.58. The van der Waals surface area contributed by atoms with Crippen molar-refractivity contribution in [3.05, 3.63) is 41.0 Å². The van der Waals surface area contributed by atoms with E-state index in [2.05, 4.69) is 15.7 Å². The number of hydrogen-bond donors (Lipinski definition) is 4. The number of anilines is 1. The fraction of sp³-hybridized carbons (Fsp3) is 0.267. The van der Waals surface area contributed by atoms with Gasteiger partial charge in [0.25, 0.3) is 0 Å². The maximum atomic E-state index is 11.8. The van der Waals surface area contributed by atoms with Crippen LogP contribution >= 0.6 is 11.6 Å². The molecule has 128 valence electrons. The Morgan fingerprint density at radius 2 is 2.04 bits per heavy atom. The number of carboxylic acid groups (broad SMARTS) is 1. The first-order valence-electron chi connectivity index (χ1n) is 7.03. The van der Waals surface area contributed by atoms with Crippen LogP contribution in [0.1, 0.15) is 12.6 Å². The zero-order valence-electron chi connectivity index (χ0n) is 13.1. The van der Waals surface area contributed by atoms with E-state index in [-0.39, 0.29) is 5.82 Å². The normalized spacial score (nSPS) is 13.2. The highest BCUT2D eigenvalue weighted by Crippen LogP contribution is 2.22. The molecule has 1 aromatic heterocycles. The van der Waals surface area contributed by atoms with E-state index in [0.717, 1.165) is 12.6 Å². The summed E-state index contributed by atoms with van der Waals surface area (Å²) in [7, 11) is 0. The number of carboxylic acids is 1. The molecule has 0 fully saturated rings. The maximum absolute atomic E-state index is 11.8. The molecule has 0 radical (unpaired) electrons. The van der Waals surface area contributed by atoms with Crippen molar-refractivity contribution in [3.63, 3.8) is 0 Å². The minimum absolute atomic E-state index is 0.264. The lowest BCUT2D eigenvalue weighted by molar-refractivity contribution is -0.155. The summed E-state index contributed by atoms with van der Waals surface area (Å²) in [4.78, 5) is 22.6. The van der Waals surface area contributed by atoms with Crippen LogP contribution in [0, 0.1) is 6.92 Å². The van der Waals surface area contributed by atoms with Gasteiger partial charge in [-0.05, 0) is 26.0 Å². The van der Waals surface area contributed by atoms with Crippen LogP contribution in [0.4, 0.5) is 10.6 Å². The SMILES string of the molecule is Cc1cc(NC(=O)NCC(C)(O)C(=O)O)nn1-c1ccccc1Cl. The molecular formula is C15H17ClN4O4. The fourth-order valence-electron chi connectivity index (χ4n) is 1.89. The zero-order valence-corrected chi connectivity index (χ0v) is 13.8. The van der Waals surface area contributed by atoms with E-state index in [1.54, 1.807) is 35.9 Å². The number of aromatic nitrogens is 2. The van der Waals surface area contributed by atoms with Gasteiger partial charge in [-0.15, -0.1) is 5.10 Å². The Labute approximate surface area is 143 Å². The van der Waals surface area contributed by atoms with Gasteiger partial charge in [0, 0.05) is 11.8 Å². The summed E-state index contributed by atoms with van der Waals surface area (Å²) < 4.78 is 1.57. The molecule has 1 unspecified atom stereocenters. The lowest BCUT2D eigenvalue weighted by Gasteiger charge is -2.18. The van der Waals surface area contributed by atoms with Crippen molar-refractivity contribution in [1.29, 1.82) is 0 Å². The number of benzene rings is 1. The van der Waals surface area contributed by atoms with Gasteiger partial charge in [-0.25, -0.2) is 14.3 Å². The molecule has 1 aromatic carbocycles. The van der Waals surface area contributed by atoms with Crippen molar-refractivity contribution >= 4 is 29.4 Å². The third kappa shape index (κ3) is 4.03. The summed E-state index contributed by atoms with van der Waals surface area (Å²) in [6, 6.07) is 8.09. The second-order valence-electron chi connectivity index (χ2n) is 5.42. The summed E-state index contributed by atoms with van der Waals surface area (Å²) in [6.07, 6.45) is 0. The van der Waals surface area contributed by atoms with Crippen LogP contribution in [0.2, 0.25) is 5.02 Å². The van der Waals surface area contributed by atoms with Crippen molar-refractivity contribution in [2.75, 3.05) is 11.9 Å². The Bertz CT molecular complexity index is 773. The highest BCUT2D eigenvalue weighted by Gasteiger charge is 2.30. The molecule has 2 rings (SSSR count). The molecule has 0 bridgehead atoms. The number of amides is 2. The smallest absolute Gasteiger partial charge is 0.337 e. The summed E-state index contributed by atoms with van der Waals surface area (Å²) in [6.45, 7) is 2.44. The van der Waals surface area contributed by atoms with Gasteiger partial charge < -0.3 is 15.5 Å². The monoisotopic (exact) mass is 352 g/mol. The molecule has 2 amide bonds. The van der Waals surface area contributed by atoms with Crippen LogP contribution in [0.25, 0.3) is 5.69 Å². The molecule has 8 nitrogen and oxygen atoms in total. The molecule has 0 saturated carbocycles. The number of para-hydroxylation sites is 1. The topological polar surface area (TPSA) is 116 Å². The zero-order chi connectivity index (χ0) is 17.9. The Balaban J connectivity index is 2.07. The van der Waals surface area contributed by atoms with Crippen molar-refractivity contribution in [2.45, 2.75) is 19.4 Å². The fourth-order valence-corrected chi connectivity index (χ4v) is 2.11. The van der Waals surface area contributed by atoms with Crippen molar-refractivity contribution in [2.24, 2.45) is 0 Å². The number of rotatable bonds is 5. The van der Waals surface area contributed by atoms with Gasteiger partial charge in [-0.1, -0.05) is 23.7 Å². The first kappa shape index (κ1) is 17.8. The number of aliphatic carboxylic acids is 1. The molecule has 0 spiro atoms. The van der Waals surface area contributed by atoms with Gasteiger partial charge in [0.15, 0.2) is 11.4 Å². The number of nitrogens with zero attached hydrogens (tertiary/aromatic N) is 2. The molecule has 0 aliphatic heterocycles. The molecular weight excluding hydrogens is 336 g/mol. The van der Waals surface area contributed by atoms with Crippen LogP contribution in [0.15, 0.2) is 30.3 Å². The first-order valence-corrected chi connectivity index (χ1v) is 7.41. The molecule has 0 saturated heterocycles. The molecule has 4 N–H and O–H groups in total. The molecule has 9 heteroatoms. The van der Waals surface area contributed by atoms with E-state index in [9.17, 15) is 14.7 Å². The Kier molecular flexibility index (Phi) is 5.10. The van der Waals surface area contributed by atoms with Crippen LogP contribution < -0.4 is 10.6 Å². The highest BCUT2D eigenvalue weighted by molar-refractivity contribution is 6.32. The Morgan fingerprint density at radius 1 is 1.38 bits per heavy atom. The van der Waals surface area contributed by atoms with E-state index >= 15 is 0 Å². The number of aryl methyl sites for hydroxylation is 1. The number of aliphatic hydroxyl groups is 1. The summed E-state index contributed by atoms with van der Waals surface area (Å²) in [5.74, 6) is -1.17. The van der Waals surface area contributed by atoms with Gasteiger partial charge in [-0.2, -0.15) is 0 Å². The van der Waals surface area contributed by atoms with Gasteiger partial charge in [-0.3, -0.25) is 5.32 Å². The van der Waals surface area contributed by atoms with Crippen molar-refractivity contribution in [1.82, 2.24) is 15.1 Å². The summed E-state index contributed by atoms with van der Waals surface area (Å²) in [5.41, 5.74) is -0.639. The number of carbonyl (C=O) groups is 2. The molecule has 0 aliphatic rings. The average Bonchev–Trinajstić information content (AvgIpc) is 2.86. The van der Waals surface area contributed by atoms with E-state index in [4.69, 9.17) is 16.7 Å². The van der Waals surface area contributed by atoms with E-state index < -0.39 is 24.1 Å². The molecule has 2 aromatic rings. The van der Waals surface area contributed by atoms with Crippen LogP contribution in [0.5, 0.6) is 0 Å². The maximum Gasteiger partial charge on any atom is 0.337 e. The molecule has 1 atom stereocenters. The van der Waals surface area contributed by atoms with Crippen molar-refractivity contribution < 1.29 is 19.8 Å². The molecule has 0 aliphatic carbocycles. The summed E-state index contributed by atoms with van der Waals surface area (Å²) in [5, 5.41) is 27.8. The van der Waals surface area contributed by atoms with Gasteiger partial charge in [0.2, 0.25) is 0 Å². The van der Waals surface area contributed by atoms with E-state index in [1.165, 1.54) is 0 Å². The summed E-state index contributed by atoms with van der Waals surface area (Å²) >= 11 is 6.13. The van der Waals surface area contributed by atoms with Gasteiger partial charge in [0.1, 0.15) is 0 Å².